The number of halogens is 1. The van der Waals surface area contributed by atoms with Gasteiger partial charge in [-0.3, -0.25) is 4.79 Å². The van der Waals surface area contributed by atoms with E-state index in [2.05, 4.69) is 10.0 Å². The van der Waals surface area contributed by atoms with Gasteiger partial charge in [-0.2, -0.15) is 4.72 Å². The summed E-state index contributed by atoms with van der Waals surface area (Å²) in [4.78, 5) is 12.7. The fourth-order valence-electron chi connectivity index (χ4n) is 2.47. The monoisotopic (exact) mass is 409 g/mol. The number of nitrogens with one attached hydrogen (secondary N) is 2. The number of carbonyl (C=O) groups is 1. The second kappa shape index (κ2) is 9.85. The lowest BCUT2D eigenvalue weighted by atomic mass is 10.1. The predicted molar refractivity (Wildman–Crippen MR) is 108 cm³/mol. The van der Waals surface area contributed by atoms with E-state index in [1.807, 2.05) is 19.1 Å². The summed E-state index contributed by atoms with van der Waals surface area (Å²) in [7, 11) is -3.86. The van der Waals surface area contributed by atoms with Crippen molar-refractivity contribution < 1.29 is 13.2 Å². The van der Waals surface area contributed by atoms with Gasteiger partial charge in [-0.1, -0.05) is 35.7 Å². The summed E-state index contributed by atoms with van der Waals surface area (Å²) in [6, 6.07) is 12.2. The van der Waals surface area contributed by atoms with Crippen LogP contribution in [0.2, 0.25) is 5.02 Å². The van der Waals surface area contributed by atoms with Gasteiger partial charge in [0.25, 0.3) is 0 Å². The molecule has 2 aromatic carbocycles. The summed E-state index contributed by atoms with van der Waals surface area (Å²) in [5.41, 5.74) is 7.19. The van der Waals surface area contributed by atoms with E-state index in [0.29, 0.717) is 36.5 Å². The number of hydrogen-bond acceptors (Lipinski definition) is 4. The van der Waals surface area contributed by atoms with Crippen molar-refractivity contribution in [2.45, 2.75) is 37.1 Å². The normalized spacial score (nSPS) is 12.6. The Balaban J connectivity index is 2.15. The quantitative estimate of drug-likeness (QED) is 0.554. The zero-order valence-corrected chi connectivity index (χ0v) is 16.7. The van der Waals surface area contributed by atoms with Crippen LogP contribution in [0, 0.1) is 6.92 Å². The molecule has 0 unspecified atom stereocenters. The van der Waals surface area contributed by atoms with Gasteiger partial charge in [0, 0.05) is 10.7 Å². The number of unbranched alkanes of at least 4 members (excludes halogenated alkanes) is 1. The molecule has 0 aromatic heterocycles. The summed E-state index contributed by atoms with van der Waals surface area (Å²) in [5.74, 6) is -0.409. The van der Waals surface area contributed by atoms with Gasteiger partial charge in [-0.25, -0.2) is 8.42 Å². The average Bonchev–Trinajstić information content (AvgIpc) is 2.63. The Hall–Kier alpha value is -1.93. The van der Waals surface area contributed by atoms with Crippen LogP contribution in [-0.2, 0) is 14.8 Å². The molecule has 0 aliphatic carbocycles. The number of carbonyl (C=O) groups excluding carboxylic acids is 1. The molecular weight excluding hydrogens is 386 g/mol. The minimum Gasteiger partial charge on any atom is -0.330 e. The molecule has 4 N–H and O–H groups in total. The Morgan fingerprint density at radius 3 is 2.30 bits per heavy atom. The standard InChI is InChI=1S/C19H24ClN3O3S/c1-14-5-9-16(10-6-14)22-19(24)18(4-2-3-13-21)23-27(25,26)17-11-7-15(20)8-12-17/h5-12,18,23H,2-4,13,21H2,1H3,(H,22,24)/t18-/m0/s1. The Morgan fingerprint density at radius 1 is 1.07 bits per heavy atom. The molecule has 0 radical (unpaired) electrons. The molecule has 0 heterocycles. The van der Waals surface area contributed by atoms with Gasteiger partial charge in [0.05, 0.1) is 4.90 Å². The minimum absolute atomic E-state index is 0.0545. The van der Waals surface area contributed by atoms with Crippen LogP contribution in [0.1, 0.15) is 24.8 Å². The summed E-state index contributed by atoms with van der Waals surface area (Å²) in [6.07, 6.45) is 1.68. The lowest BCUT2D eigenvalue weighted by Gasteiger charge is -2.19. The number of hydrogen-bond donors (Lipinski definition) is 3. The molecule has 1 atom stereocenters. The van der Waals surface area contributed by atoms with E-state index in [1.54, 1.807) is 12.1 Å². The van der Waals surface area contributed by atoms with Crippen molar-refractivity contribution in [2.75, 3.05) is 11.9 Å². The minimum atomic E-state index is -3.86. The molecule has 0 saturated heterocycles. The van der Waals surface area contributed by atoms with Gasteiger partial charge in [-0.05, 0) is 62.7 Å². The van der Waals surface area contributed by atoms with Crippen molar-refractivity contribution in [3.05, 3.63) is 59.1 Å². The number of aryl methyl sites for hydroxylation is 1. The number of sulfonamides is 1. The van der Waals surface area contributed by atoms with E-state index in [9.17, 15) is 13.2 Å². The molecular formula is C19H24ClN3O3S. The van der Waals surface area contributed by atoms with Gasteiger partial charge in [0.15, 0.2) is 0 Å². The molecule has 1 amide bonds. The highest BCUT2D eigenvalue weighted by Crippen LogP contribution is 2.16. The summed E-state index contributed by atoms with van der Waals surface area (Å²) < 4.78 is 27.8. The van der Waals surface area contributed by atoms with Crippen LogP contribution in [0.25, 0.3) is 0 Å². The highest BCUT2D eigenvalue weighted by Gasteiger charge is 2.25. The van der Waals surface area contributed by atoms with E-state index < -0.39 is 22.0 Å². The van der Waals surface area contributed by atoms with E-state index in [-0.39, 0.29) is 4.90 Å². The van der Waals surface area contributed by atoms with Crippen LogP contribution < -0.4 is 15.8 Å². The Morgan fingerprint density at radius 2 is 1.70 bits per heavy atom. The molecule has 0 spiro atoms. The Kier molecular flexibility index (Phi) is 7.79. The van der Waals surface area contributed by atoms with E-state index in [0.717, 1.165) is 5.56 Å². The first-order chi connectivity index (χ1) is 12.8. The summed E-state index contributed by atoms with van der Waals surface area (Å²) in [6.45, 7) is 2.43. The van der Waals surface area contributed by atoms with Crippen molar-refractivity contribution in [1.82, 2.24) is 4.72 Å². The Bertz CT molecular complexity index is 853. The third-order valence-corrected chi connectivity index (χ3v) is 5.74. The smallest absolute Gasteiger partial charge is 0.242 e. The van der Waals surface area contributed by atoms with Gasteiger partial charge in [0.1, 0.15) is 6.04 Å². The van der Waals surface area contributed by atoms with Crippen molar-refractivity contribution in [3.63, 3.8) is 0 Å². The second-order valence-electron chi connectivity index (χ2n) is 6.27. The van der Waals surface area contributed by atoms with Gasteiger partial charge in [0.2, 0.25) is 15.9 Å². The maximum atomic E-state index is 12.7. The Labute approximate surface area is 165 Å². The lowest BCUT2D eigenvalue weighted by Crippen LogP contribution is -2.43. The third-order valence-electron chi connectivity index (χ3n) is 4.00. The topological polar surface area (TPSA) is 101 Å². The molecule has 0 aliphatic heterocycles. The van der Waals surface area contributed by atoms with Crippen molar-refractivity contribution in [1.29, 1.82) is 0 Å². The van der Waals surface area contributed by atoms with E-state index in [1.165, 1.54) is 24.3 Å². The first-order valence-corrected chi connectivity index (χ1v) is 10.5. The van der Waals surface area contributed by atoms with Crippen LogP contribution in [0.15, 0.2) is 53.4 Å². The fourth-order valence-corrected chi connectivity index (χ4v) is 3.83. The fraction of sp³-hybridized carbons (Fsp3) is 0.316. The highest BCUT2D eigenvalue weighted by molar-refractivity contribution is 7.89. The van der Waals surface area contributed by atoms with Crippen molar-refractivity contribution in [2.24, 2.45) is 5.73 Å². The van der Waals surface area contributed by atoms with Gasteiger partial charge >= 0.3 is 0 Å². The molecule has 0 saturated carbocycles. The molecule has 8 heteroatoms. The van der Waals surface area contributed by atoms with Crippen molar-refractivity contribution >= 4 is 33.2 Å². The van der Waals surface area contributed by atoms with E-state index >= 15 is 0 Å². The first-order valence-electron chi connectivity index (χ1n) is 8.67. The van der Waals surface area contributed by atoms with Crippen molar-refractivity contribution in [3.8, 4) is 0 Å². The summed E-state index contributed by atoms with van der Waals surface area (Å²) >= 11 is 5.81. The molecule has 27 heavy (non-hydrogen) atoms. The second-order valence-corrected chi connectivity index (χ2v) is 8.42. The summed E-state index contributed by atoms with van der Waals surface area (Å²) in [5, 5.41) is 3.20. The lowest BCUT2D eigenvalue weighted by molar-refractivity contribution is -0.117. The zero-order chi connectivity index (χ0) is 19.9. The number of anilines is 1. The zero-order valence-electron chi connectivity index (χ0n) is 15.1. The maximum Gasteiger partial charge on any atom is 0.242 e. The molecule has 146 valence electrons. The molecule has 0 fully saturated rings. The van der Waals surface area contributed by atoms with Crippen LogP contribution in [0.4, 0.5) is 5.69 Å². The van der Waals surface area contributed by atoms with E-state index in [4.69, 9.17) is 17.3 Å². The van der Waals surface area contributed by atoms with Gasteiger partial charge < -0.3 is 11.1 Å². The van der Waals surface area contributed by atoms with Crippen LogP contribution >= 0.6 is 11.6 Å². The third kappa shape index (κ3) is 6.62. The number of benzene rings is 2. The molecule has 2 aromatic rings. The first kappa shape index (κ1) is 21.4. The maximum absolute atomic E-state index is 12.7. The molecule has 6 nitrogen and oxygen atoms in total. The van der Waals surface area contributed by atoms with Gasteiger partial charge in [-0.15, -0.1) is 0 Å². The SMILES string of the molecule is Cc1ccc(NC(=O)[C@H](CCCCN)NS(=O)(=O)c2ccc(Cl)cc2)cc1. The molecule has 2 rings (SSSR count). The number of nitrogens with two attached hydrogens (primary N) is 1. The number of rotatable bonds is 9. The molecule has 0 aliphatic rings. The van der Waals surface area contributed by atoms with Crippen LogP contribution in [0.5, 0.6) is 0 Å². The predicted octanol–water partition coefficient (Wildman–Crippen LogP) is 3.06. The molecule has 0 bridgehead atoms. The van der Waals surface area contributed by atoms with Crippen LogP contribution in [-0.4, -0.2) is 26.9 Å². The van der Waals surface area contributed by atoms with Crippen LogP contribution in [0.3, 0.4) is 0 Å². The number of amides is 1. The largest absolute Gasteiger partial charge is 0.330 e. The average molecular weight is 410 g/mol. The highest BCUT2D eigenvalue weighted by atomic mass is 35.5.